The van der Waals surface area contributed by atoms with Crippen molar-refractivity contribution in [1.29, 1.82) is 0 Å². The maximum Gasteiger partial charge on any atom is 0.410 e. The smallest absolute Gasteiger partial charge is 0.410 e. The van der Waals surface area contributed by atoms with Gasteiger partial charge in [0, 0.05) is 31.9 Å². The molecule has 122 valence electrons. The highest BCUT2D eigenvalue weighted by Crippen LogP contribution is 2.24. The van der Waals surface area contributed by atoms with Crippen LogP contribution in [0.3, 0.4) is 0 Å². The lowest BCUT2D eigenvalue weighted by Gasteiger charge is -2.44. The van der Waals surface area contributed by atoms with Crippen molar-refractivity contribution in [3.63, 3.8) is 0 Å². The van der Waals surface area contributed by atoms with Crippen LogP contribution in [0.2, 0.25) is 0 Å². The zero-order valence-corrected chi connectivity index (χ0v) is 14.2. The van der Waals surface area contributed by atoms with Crippen LogP contribution in [-0.4, -0.2) is 42.8 Å². The number of likely N-dealkylation sites (tertiary alicyclic amines) is 1. The summed E-state index contributed by atoms with van der Waals surface area (Å²) in [5.41, 5.74) is 7.69. The number of likely N-dealkylation sites (N-methyl/N-ethyl adjacent to an activating group) is 1. The Morgan fingerprint density at radius 1 is 1.32 bits per heavy atom. The molecule has 1 aliphatic heterocycles. The molecule has 1 fully saturated rings. The van der Waals surface area contributed by atoms with Gasteiger partial charge in [-0.25, -0.2) is 4.79 Å². The molecule has 1 saturated heterocycles. The van der Waals surface area contributed by atoms with E-state index in [9.17, 15) is 4.79 Å². The molecular formula is C17H27N3O2. The molecule has 2 N–H and O–H groups in total. The van der Waals surface area contributed by atoms with Gasteiger partial charge in [0.15, 0.2) is 0 Å². The zero-order valence-electron chi connectivity index (χ0n) is 14.2. The number of nitrogens with two attached hydrogens (primary N) is 1. The van der Waals surface area contributed by atoms with E-state index in [-0.39, 0.29) is 12.1 Å². The number of hydrogen-bond donors (Lipinski definition) is 1. The highest BCUT2D eigenvalue weighted by Gasteiger charge is 2.35. The molecule has 0 saturated carbocycles. The Morgan fingerprint density at radius 3 is 2.32 bits per heavy atom. The minimum Gasteiger partial charge on any atom is -0.444 e. The van der Waals surface area contributed by atoms with Crippen molar-refractivity contribution in [2.24, 2.45) is 5.73 Å². The predicted octanol–water partition coefficient (Wildman–Crippen LogP) is 2.76. The van der Waals surface area contributed by atoms with Gasteiger partial charge in [0.05, 0.1) is 6.04 Å². The normalized spacial score (nSPS) is 16.9. The number of hydrogen-bond acceptors (Lipinski definition) is 4. The Morgan fingerprint density at radius 2 is 1.86 bits per heavy atom. The summed E-state index contributed by atoms with van der Waals surface area (Å²) in [6, 6.07) is 8.64. The topological polar surface area (TPSA) is 58.8 Å². The summed E-state index contributed by atoms with van der Waals surface area (Å²) in [7, 11) is 2.05. The van der Waals surface area contributed by atoms with Gasteiger partial charge in [-0.05, 0) is 45.4 Å². The van der Waals surface area contributed by atoms with Crippen LogP contribution in [0.15, 0.2) is 24.3 Å². The van der Waals surface area contributed by atoms with Gasteiger partial charge < -0.3 is 20.3 Å². The standard InChI is InChI=1S/C17H27N3O2/c1-12(18)13-6-8-14(9-7-13)19(5)15-10-20(11-15)16(21)22-17(2,3)4/h6-9,12,15H,10-11,18H2,1-5H3. The van der Waals surface area contributed by atoms with Gasteiger partial charge in [0.1, 0.15) is 5.60 Å². The second-order valence-electron chi connectivity index (χ2n) is 7.03. The van der Waals surface area contributed by atoms with Gasteiger partial charge in [0.2, 0.25) is 0 Å². The van der Waals surface area contributed by atoms with Crippen molar-refractivity contribution in [3.8, 4) is 0 Å². The Kier molecular flexibility index (Phi) is 4.66. The number of rotatable bonds is 3. The van der Waals surface area contributed by atoms with E-state index in [0.717, 1.165) is 11.3 Å². The van der Waals surface area contributed by atoms with E-state index in [0.29, 0.717) is 19.1 Å². The summed E-state index contributed by atoms with van der Waals surface area (Å²) in [6.07, 6.45) is -0.232. The van der Waals surface area contributed by atoms with Crippen LogP contribution in [0.1, 0.15) is 39.3 Å². The summed E-state index contributed by atoms with van der Waals surface area (Å²) in [5, 5.41) is 0. The molecule has 1 aromatic rings. The predicted molar refractivity (Wildman–Crippen MR) is 89.0 cm³/mol. The molecule has 0 spiro atoms. The number of amides is 1. The van der Waals surface area contributed by atoms with Crippen molar-refractivity contribution in [3.05, 3.63) is 29.8 Å². The lowest BCUT2D eigenvalue weighted by atomic mass is 10.1. The molecule has 0 aromatic heterocycles. The number of anilines is 1. The summed E-state index contributed by atoms with van der Waals surface area (Å²) in [6.45, 7) is 9.02. The summed E-state index contributed by atoms with van der Waals surface area (Å²) < 4.78 is 5.37. The van der Waals surface area contributed by atoms with Crippen molar-refractivity contribution in [2.75, 3.05) is 25.0 Å². The Bertz CT molecular complexity index is 514. The first-order valence-electron chi connectivity index (χ1n) is 7.73. The monoisotopic (exact) mass is 305 g/mol. The number of carbonyl (C=O) groups excluding carboxylic acids is 1. The fraction of sp³-hybridized carbons (Fsp3) is 0.588. The zero-order chi connectivity index (χ0) is 16.5. The Balaban J connectivity index is 1.88. The average Bonchev–Trinajstić information content (AvgIpc) is 2.34. The molecule has 22 heavy (non-hydrogen) atoms. The van der Waals surface area contributed by atoms with E-state index < -0.39 is 5.60 Å². The van der Waals surface area contributed by atoms with Crippen LogP contribution < -0.4 is 10.6 Å². The van der Waals surface area contributed by atoms with Crippen molar-refractivity contribution < 1.29 is 9.53 Å². The van der Waals surface area contributed by atoms with E-state index in [1.54, 1.807) is 4.90 Å². The van der Waals surface area contributed by atoms with Crippen LogP contribution in [0, 0.1) is 0 Å². The van der Waals surface area contributed by atoms with Gasteiger partial charge in [0.25, 0.3) is 0 Å². The first kappa shape index (κ1) is 16.6. The van der Waals surface area contributed by atoms with Crippen LogP contribution >= 0.6 is 0 Å². The molecule has 1 unspecified atom stereocenters. The van der Waals surface area contributed by atoms with Gasteiger partial charge in [-0.2, -0.15) is 0 Å². The molecule has 1 aromatic carbocycles. The second-order valence-corrected chi connectivity index (χ2v) is 7.03. The number of nitrogens with zero attached hydrogens (tertiary/aromatic N) is 2. The molecule has 0 radical (unpaired) electrons. The lowest BCUT2D eigenvalue weighted by Crippen LogP contribution is -2.61. The minimum absolute atomic E-state index is 0.0470. The molecule has 1 amide bonds. The average molecular weight is 305 g/mol. The van der Waals surface area contributed by atoms with E-state index in [1.807, 2.05) is 27.7 Å². The Hall–Kier alpha value is -1.75. The van der Waals surface area contributed by atoms with Crippen LogP contribution in [0.5, 0.6) is 0 Å². The van der Waals surface area contributed by atoms with Crippen molar-refractivity contribution in [2.45, 2.75) is 45.4 Å². The third kappa shape index (κ3) is 3.91. The number of ether oxygens (including phenoxy) is 1. The van der Waals surface area contributed by atoms with Gasteiger partial charge in [-0.3, -0.25) is 0 Å². The van der Waals surface area contributed by atoms with Crippen LogP contribution in [0.4, 0.5) is 10.5 Å². The maximum atomic E-state index is 11.9. The number of carbonyl (C=O) groups is 1. The summed E-state index contributed by atoms with van der Waals surface area (Å²) in [5.74, 6) is 0. The molecular weight excluding hydrogens is 278 g/mol. The van der Waals surface area contributed by atoms with Crippen LogP contribution in [0.25, 0.3) is 0 Å². The first-order chi connectivity index (χ1) is 10.2. The molecule has 1 aliphatic rings. The highest BCUT2D eigenvalue weighted by molar-refractivity contribution is 5.70. The van der Waals surface area contributed by atoms with Gasteiger partial charge in [-0.1, -0.05) is 12.1 Å². The maximum absolute atomic E-state index is 11.9. The number of benzene rings is 1. The fourth-order valence-electron chi connectivity index (χ4n) is 2.40. The fourth-order valence-corrected chi connectivity index (χ4v) is 2.40. The van der Waals surface area contributed by atoms with E-state index in [2.05, 4.69) is 36.2 Å². The summed E-state index contributed by atoms with van der Waals surface area (Å²) >= 11 is 0. The molecule has 5 heteroatoms. The SMILES string of the molecule is CC(N)c1ccc(N(C)C2CN(C(=O)OC(C)(C)C)C2)cc1. The third-order valence-corrected chi connectivity index (χ3v) is 3.89. The molecule has 1 heterocycles. The molecule has 5 nitrogen and oxygen atoms in total. The molecule has 2 rings (SSSR count). The lowest BCUT2D eigenvalue weighted by molar-refractivity contribution is 0.00852. The summed E-state index contributed by atoms with van der Waals surface area (Å²) in [4.78, 5) is 15.9. The minimum atomic E-state index is -0.442. The van der Waals surface area contributed by atoms with Crippen molar-refractivity contribution in [1.82, 2.24) is 4.90 Å². The molecule has 0 aliphatic carbocycles. The van der Waals surface area contributed by atoms with E-state index in [1.165, 1.54) is 0 Å². The largest absolute Gasteiger partial charge is 0.444 e. The van der Waals surface area contributed by atoms with E-state index >= 15 is 0 Å². The second kappa shape index (κ2) is 6.16. The third-order valence-electron chi connectivity index (χ3n) is 3.89. The first-order valence-corrected chi connectivity index (χ1v) is 7.73. The van der Waals surface area contributed by atoms with E-state index in [4.69, 9.17) is 10.5 Å². The van der Waals surface area contributed by atoms with Crippen LogP contribution in [-0.2, 0) is 4.74 Å². The van der Waals surface area contributed by atoms with Gasteiger partial charge in [-0.15, -0.1) is 0 Å². The quantitative estimate of drug-likeness (QED) is 0.933. The highest BCUT2D eigenvalue weighted by atomic mass is 16.6. The molecule has 0 bridgehead atoms. The molecule has 1 atom stereocenters. The Labute approximate surface area is 133 Å². The van der Waals surface area contributed by atoms with Gasteiger partial charge >= 0.3 is 6.09 Å². The van der Waals surface area contributed by atoms with Crippen molar-refractivity contribution >= 4 is 11.8 Å².